The van der Waals surface area contributed by atoms with Crippen LogP contribution in [0.4, 0.5) is 5.00 Å². The summed E-state index contributed by atoms with van der Waals surface area (Å²) in [5, 5.41) is 1.43. The molecule has 0 aliphatic heterocycles. The van der Waals surface area contributed by atoms with Crippen molar-refractivity contribution in [3.63, 3.8) is 0 Å². The minimum atomic E-state index is 0.606. The molecule has 3 nitrogen and oxygen atoms in total. The Morgan fingerprint density at radius 2 is 2.00 bits per heavy atom. The van der Waals surface area contributed by atoms with E-state index in [9.17, 15) is 0 Å². The number of hydrogen-bond acceptors (Lipinski definition) is 4. The second kappa shape index (κ2) is 4.00. The Morgan fingerprint density at radius 3 is 2.67 bits per heavy atom. The largest absolute Gasteiger partial charge is 0.435 e. The van der Waals surface area contributed by atoms with E-state index in [2.05, 4.69) is 4.98 Å². The lowest BCUT2D eigenvalue weighted by Crippen LogP contribution is -1.75. The van der Waals surface area contributed by atoms with Gasteiger partial charge in [0.2, 0.25) is 5.89 Å². The van der Waals surface area contributed by atoms with Crippen LogP contribution >= 0.6 is 22.9 Å². The highest BCUT2D eigenvalue weighted by Crippen LogP contribution is 2.36. The van der Waals surface area contributed by atoms with Crippen LogP contribution in [0, 0.1) is 13.8 Å². The third-order valence-electron chi connectivity index (χ3n) is 2.77. The van der Waals surface area contributed by atoms with Gasteiger partial charge in [-0.05, 0) is 43.2 Å². The average Bonchev–Trinajstić information content (AvgIpc) is 2.81. The van der Waals surface area contributed by atoms with Crippen LogP contribution in [0.5, 0.6) is 0 Å². The van der Waals surface area contributed by atoms with E-state index in [1.807, 2.05) is 32.0 Å². The van der Waals surface area contributed by atoms with Crippen LogP contribution in [0.15, 0.2) is 22.6 Å². The number of benzene rings is 1. The van der Waals surface area contributed by atoms with E-state index in [4.69, 9.17) is 21.8 Å². The van der Waals surface area contributed by atoms with E-state index in [1.165, 1.54) is 11.3 Å². The first-order valence-corrected chi connectivity index (χ1v) is 6.67. The maximum Gasteiger partial charge on any atom is 0.237 e. The van der Waals surface area contributed by atoms with Crippen molar-refractivity contribution in [1.29, 1.82) is 0 Å². The van der Waals surface area contributed by atoms with Gasteiger partial charge in [0.05, 0.1) is 9.88 Å². The molecule has 0 atom stereocenters. The smallest absolute Gasteiger partial charge is 0.237 e. The van der Waals surface area contributed by atoms with Crippen LogP contribution < -0.4 is 5.73 Å². The van der Waals surface area contributed by atoms with Crippen molar-refractivity contribution in [3.05, 3.63) is 34.3 Å². The molecule has 0 bridgehead atoms. The molecule has 0 amide bonds. The summed E-state index contributed by atoms with van der Waals surface area (Å²) in [6.45, 7) is 3.95. The van der Waals surface area contributed by atoms with Crippen LogP contribution in [-0.2, 0) is 0 Å². The number of anilines is 1. The molecule has 0 saturated heterocycles. The van der Waals surface area contributed by atoms with Crippen LogP contribution in [-0.4, -0.2) is 4.98 Å². The predicted octanol–water partition coefficient (Wildman–Crippen LogP) is 4.41. The van der Waals surface area contributed by atoms with Crippen LogP contribution in [0.1, 0.15) is 11.1 Å². The molecule has 0 radical (unpaired) electrons. The van der Waals surface area contributed by atoms with Gasteiger partial charge < -0.3 is 10.2 Å². The number of nitrogen functional groups attached to an aromatic ring is 1. The van der Waals surface area contributed by atoms with Gasteiger partial charge in [-0.2, -0.15) is 0 Å². The van der Waals surface area contributed by atoms with Crippen molar-refractivity contribution < 1.29 is 4.42 Å². The topological polar surface area (TPSA) is 52.0 Å². The van der Waals surface area contributed by atoms with E-state index in [1.54, 1.807) is 0 Å². The molecule has 18 heavy (non-hydrogen) atoms. The number of thiophene rings is 1. The van der Waals surface area contributed by atoms with E-state index in [-0.39, 0.29) is 0 Å². The lowest BCUT2D eigenvalue weighted by Gasteiger charge is -1.93. The maximum absolute atomic E-state index is 6.02. The standard InChI is InChI=1S/C13H11ClN2OS/c1-6-3-8(14)5-9-11(6)17-13(16-9)12-7(2)4-10(15)18-12/h3-5H,15H2,1-2H3. The number of rotatable bonds is 1. The number of nitrogens with zero attached hydrogens (tertiary/aromatic N) is 1. The van der Waals surface area contributed by atoms with Gasteiger partial charge in [-0.3, -0.25) is 0 Å². The molecule has 0 aliphatic carbocycles. The first kappa shape index (κ1) is 11.6. The fourth-order valence-corrected chi connectivity index (χ4v) is 3.11. The summed E-state index contributed by atoms with van der Waals surface area (Å²) < 4.78 is 5.82. The molecule has 2 N–H and O–H groups in total. The third-order valence-corrected chi connectivity index (χ3v) is 4.04. The quantitative estimate of drug-likeness (QED) is 0.717. The summed E-state index contributed by atoms with van der Waals surface area (Å²) in [5.41, 5.74) is 9.41. The molecule has 0 unspecified atom stereocenters. The molecule has 0 spiro atoms. The summed E-state index contributed by atoms with van der Waals surface area (Å²) >= 11 is 7.50. The van der Waals surface area contributed by atoms with Crippen molar-refractivity contribution in [2.75, 3.05) is 5.73 Å². The fourth-order valence-electron chi connectivity index (χ4n) is 1.97. The fraction of sp³-hybridized carbons (Fsp3) is 0.154. The van der Waals surface area contributed by atoms with Gasteiger partial charge in [0, 0.05) is 5.02 Å². The number of aryl methyl sites for hydroxylation is 2. The van der Waals surface area contributed by atoms with Crippen molar-refractivity contribution in [2.24, 2.45) is 0 Å². The Kier molecular flexibility index (Phi) is 2.57. The molecule has 5 heteroatoms. The van der Waals surface area contributed by atoms with Gasteiger partial charge in [-0.1, -0.05) is 11.6 Å². The van der Waals surface area contributed by atoms with Gasteiger partial charge >= 0.3 is 0 Å². The first-order valence-electron chi connectivity index (χ1n) is 5.47. The van der Waals surface area contributed by atoms with Crippen molar-refractivity contribution in [2.45, 2.75) is 13.8 Å². The summed E-state index contributed by atoms with van der Waals surface area (Å²) in [4.78, 5) is 5.45. The van der Waals surface area contributed by atoms with Gasteiger partial charge in [0.1, 0.15) is 5.52 Å². The molecule has 1 aromatic carbocycles. The second-order valence-electron chi connectivity index (χ2n) is 4.25. The van der Waals surface area contributed by atoms with Crippen molar-refractivity contribution in [1.82, 2.24) is 4.98 Å². The van der Waals surface area contributed by atoms with E-state index in [0.29, 0.717) is 10.9 Å². The Bertz CT molecular complexity index is 745. The number of fused-ring (bicyclic) bond motifs is 1. The summed E-state index contributed by atoms with van der Waals surface area (Å²) in [6, 6.07) is 5.60. The minimum absolute atomic E-state index is 0.606. The van der Waals surface area contributed by atoms with Gasteiger partial charge in [0.25, 0.3) is 0 Å². The number of oxazole rings is 1. The Hall–Kier alpha value is -1.52. The van der Waals surface area contributed by atoms with E-state index in [0.717, 1.165) is 32.1 Å². The zero-order valence-corrected chi connectivity index (χ0v) is 11.5. The number of halogens is 1. The van der Waals surface area contributed by atoms with Gasteiger partial charge in [-0.15, -0.1) is 11.3 Å². The number of nitrogens with two attached hydrogens (primary N) is 1. The number of aromatic nitrogens is 1. The highest BCUT2D eigenvalue weighted by atomic mass is 35.5. The second-order valence-corrected chi connectivity index (χ2v) is 5.77. The predicted molar refractivity (Wildman–Crippen MR) is 76.2 cm³/mol. The molecule has 3 rings (SSSR count). The Morgan fingerprint density at radius 1 is 1.22 bits per heavy atom. The molecule has 2 heterocycles. The molecule has 2 aromatic heterocycles. The first-order chi connectivity index (χ1) is 8.54. The minimum Gasteiger partial charge on any atom is -0.435 e. The lowest BCUT2D eigenvalue weighted by molar-refractivity contribution is 0.619. The monoisotopic (exact) mass is 278 g/mol. The Labute approximate surface area is 113 Å². The highest BCUT2D eigenvalue weighted by Gasteiger charge is 2.15. The SMILES string of the molecule is Cc1cc(N)sc1-c1nc2cc(Cl)cc(C)c2o1. The molecule has 3 aromatic rings. The molecule has 0 aliphatic rings. The molecule has 92 valence electrons. The zero-order valence-electron chi connectivity index (χ0n) is 9.95. The molecular formula is C13H11ClN2OS. The third kappa shape index (κ3) is 1.78. The zero-order chi connectivity index (χ0) is 12.9. The van der Waals surface area contributed by atoms with E-state index >= 15 is 0 Å². The van der Waals surface area contributed by atoms with Crippen molar-refractivity contribution >= 4 is 39.0 Å². The highest BCUT2D eigenvalue weighted by molar-refractivity contribution is 7.19. The van der Waals surface area contributed by atoms with Gasteiger partial charge in [-0.25, -0.2) is 4.98 Å². The number of hydrogen-bond donors (Lipinski definition) is 1. The van der Waals surface area contributed by atoms with Crippen molar-refractivity contribution in [3.8, 4) is 10.8 Å². The van der Waals surface area contributed by atoms with Crippen LogP contribution in [0.25, 0.3) is 21.9 Å². The average molecular weight is 279 g/mol. The van der Waals surface area contributed by atoms with E-state index < -0.39 is 0 Å². The molecular weight excluding hydrogens is 268 g/mol. The summed E-state index contributed by atoms with van der Waals surface area (Å²) in [7, 11) is 0. The Balaban J connectivity index is 2.25. The lowest BCUT2D eigenvalue weighted by atomic mass is 10.2. The summed E-state index contributed by atoms with van der Waals surface area (Å²) in [6.07, 6.45) is 0. The van der Waals surface area contributed by atoms with Gasteiger partial charge in [0.15, 0.2) is 5.58 Å². The summed E-state index contributed by atoms with van der Waals surface area (Å²) in [5.74, 6) is 0.606. The van der Waals surface area contributed by atoms with Crippen LogP contribution in [0.2, 0.25) is 5.02 Å². The van der Waals surface area contributed by atoms with Crippen LogP contribution in [0.3, 0.4) is 0 Å². The maximum atomic E-state index is 6.02. The normalized spacial score (nSPS) is 11.3. The molecule has 0 fully saturated rings. The molecule has 0 saturated carbocycles.